The molecule has 0 aromatic heterocycles. The maximum atomic E-state index is 13.9. The Bertz CT molecular complexity index is 996. The summed E-state index contributed by atoms with van der Waals surface area (Å²) in [6.45, 7) is 4.55. The first-order chi connectivity index (χ1) is 17.3. The summed E-state index contributed by atoms with van der Waals surface area (Å²) in [4.78, 5) is 43.0. The SMILES string of the molecule is CC1CC23O[C@@]1(C)[C@H](C(=O)NCc1ccccc1)[C@H]2C(=O)N(CCCO)C3C(=O)NC1CCCCC1. The molecule has 196 valence electrons. The number of hydrogen-bond donors (Lipinski definition) is 3. The van der Waals surface area contributed by atoms with E-state index in [9.17, 15) is 19.5 Å². The minimum atomic E-state index is -1.03. The van der Waals surface area contributed by atoms with Gasteiger partial charge in [-0.1, -0.05) is 56.5 Å². The zero-order chi connectivity index (χ0) is 25.5. The van der Waals surface area contributed by atoms with Crippen molar-refractivity contribution < 1.29 is 24.2 Å². The zero-order valence-corrected chi connectivity index (χ0v) is 21.4. The van der Waals surface area contributed by atoms with E-state index in [-0.39, 0.29) is 42.8 Å². The average molecular weight is 498 g/mol. The molecule has 3 amide bonds. The van der Waals surface area contributed by atoms with Crippen molar-refractivity contribution >= 4 is 17.7 Å². The van der Waals surface area contributed by atoms with Gasteiger partial charge < -0.3 is 25.4 Å². The lowest BCUT2D eigenvalue weighted by molar-refractivity contribution is -0.148. The summed E-state index contributed by atoms with van der Waals surface area (Å²) >= 11 is 0. The third-order valence-electron chi connectivity index (χ3n) is 9.16. The van der Waals surface area contributed by atoms with Gasteiger partial charge in [-0.05, 0) is 44.1 Å². The Morgan fingerprint density at radius 3 is 2.56 bits per heavy atom. The molecule has 8 heteroatoms. The highest BCUT2D eigenvalue weighted by molar-refractivity contribution is 5.99. The van der Waals surface area contributed by atoms with Crippen molar-refractivity contribution in [2.75, 3.05) is 13.2 Å². The third-order valence-corrected chi connectivity index (χ3v) is 9.16. The van der Waals surface area contributed by atoms with Gasteiger partial charge in [0.1, 0.15) is 11.6 Å². The summed E-state index contributed by atoms with van der Waals surface area (Å²) in [6.07, 6.45) is 6.18. The first kappa shape index (κ1) is 25.2. The van der Waals surface area contributed by atoms with E-state index in [2.05, 4.69) is 17.6 Å². The van der Waals surface area contributed by atoms with E-state index >= 15 is 0 Å². The second-order valence-corrected chi connectivity index (χ2v) is 11.4. The number of carbonyl (C=O) groups is 3. The van der Waals surface area contributed by atoms with Crippen LogP contribution in [0.5, 0.6) is 0 Å². The van der Waals surface area contributed by atoms with Crippen molar-refractivity contribution in [1.29, 1.82) is 0 Å². The van der Waals surface area contributed by atoms with Crippen LogP contribution in [0.15, 0.2) is 30.3 Å². The van der Waals surface area contributed by atoms with Crippen LogP contribution in [-0.2, 0) is 25.7 Å². The van der Waals surface area contributed by atoms with Gasteiger partial charge in [0, 0.05) is 25.7 Å². The smallest absolute Gasteiger partial charge is 0.246 e. The lowest BCUT2D eigenvalue weighted by atomic mass is 9.62. The van der Waals surface area contributed by atoms with Crippen molar-refractivity contribution in [3.8, 4) is 0 Å². The monoisotopic (exact) mass is 497 g/mol. The number of rotatable bonds is 8. The summed E-state index contributed by atoms with van der Waals surface area (Å²) in [5, 5.41) is 15.8. The molecule has 5 rings (SSSR count). The highest BCUT2D eigenvalue weighted by atomic mass is 16.5. The summed E-state index contributed by atoms with van der Waals surface area (Å²) in [7, 11) is 0. The molecule has 2 bridgehead atoms. The van der Waals surface area contributed by atoms with E-state index in [1.807, 2.05) is 37.3 Å². The lowest BCUT2D eigenvalue weighted by Crippen LogP contribution is -2.57. The number of likely N-dealkylation sites (tertiary alicyclic amines) is 1. The number of ether oxygens (including phenoxy) is 1. The summed E-state index contributed by atoms with van der Waals surface area (Å²) in [6, 6.07) is 9.00. The summed E-state index contributed by atoms with van der Waals surface area (Å²) in [5.41, 5.74) is -0.878. The molecule has 1 aliphatic carbocycles. The molecule has 4 aliphatic rings. The summed E-state index contributed by atoms with van der Waals surface area (Å²) < 4.78 is 6.73. The van der Waals surface area contributed by atoms with E-state index in [1.54, 1.807) is 4.90 Å². The normalized spacial score (nSPS) is 35.6. The predicted octanol–water partition coefficient (Wildman–Crippen LogP) is 2.14. The molecule has 3 unspecified atom stereocenters. The maximum absolute atomic E-state index is 13.9. The van der Waals surface area contributed by atoms with Gasteiger partial charge in [-0.25, -0.2) is 0 Å². The third kappa shape index (κ3) is 4.02. The van der Waals surface area contributed by atoms with Gasteiger partial charge in [0.25, 0.3) is 0 Å². The van der Waals surface area contributed by atoms with E-state index in [0.717, 1.165) is 31.2 Å². The number of hydrogen-bond acceptors (Lipinski definition) is 5. The molecule has 1 spiro atoms. The number of benzene rings is 1. The van der Waals surface area contributed by atoms with E-state index in [1.165, 1.54) is 6.42 Å². The molecule has 1 saturated carbocycles. The fraction of sp³-hybridized carbons (Fsp3) is 0.679. The average Bonchev–Trinajstić information content (AvgIpc) is 3.39. The minimum Gasteiger partial charge on any atom is -0.396 e. The molecule has 1 aromatic rings. The Kier molecular flexibility index (Phi) is 6.85. The van der Waals surface area contributed by atoms with E-state index < -0.39 is 29.1 Å². The zero-order valence-electron chi connectivity index (χ0n) is 21.4. The number of amides is 3. The highest BCUT2D eigenvalue weighted by Crippen LogP contribution is 2.65. The van der Waals surface area contributed by atoms with Gasteiger partial charge in [0.15, 0.2) is 0 Å². The quantitative estimate of drug-likeness (QED) is 0.510. The largest absolute Gasteiger partial charge is 0.396 e. The van der Waals surface area contributed by atoms with E-state index in [4.69, 9.17) is 4.74 Å². The molecule has 4 fully saturated rings. The lowest BCUT2D eigenvalue weighted by Gasteiger charge is -2.36. The molecule has 3 N–H and O–H groups in total. The number of aliphatic hydroxyl groups is 1. The molecule has 1 aromatic carbocycles. The van der Waals surface area contributed by atoms with Crippen LogP contribution in [0.3, 0.4) is 0 Å². The molecule has 3 heterocycles. The number of fused-ring (bicyclic) bond motifs is 1. The van der Waals surface area contributed by atoms with Crippen LogP contribution in [0, 0.1) is 17.8 Å². The van der Waals surface area contributed by atoms with Crippen molar-refractivity contribution in [3.63, 3.8) is 0 Å². The Labute approximate surface area is 213 Å². The van der Waals surface area contributed by atoms with Crippen LogP contribution in [0.1, 0.15) is 64.4 Å². The number of nitrogens with zero attached hydrogens (tertiary/aromatic N) is 1. The minimum absolute atomic E-state index is 0.0109. The fourth-order valence-corrected chi connectivity index (χ4v) is 7.34. The molecule has 0 radical (unpaired) electrons. The first-order valence-corrected chi connectivity index (χ1v) is 13.6. The van der Waals surface area contributed by atoms with Crippen LogP contribution in [0.2, 0.25) is 0 Å². The second-order valence-electron chi connectivity index (χ2n) is 11.4. The van der Waals surface area contributed by atoms with Gasteiger partial charge in [0.2, 0.25) is 17.7 Å². The number of nitrogens with one attached hydrogen (secondary N) is 2. The van der Waals surface area contributed by atoms with Gasteiger partial charge in [-0.15, -0.1) is 0 Å². The molecule has 3 saturated heterocycles. The van der Waals surface area contributed by atoms with Crippen molar-refractivity contribution in [2.45, 2.75) is 88.6 Å². The van der Waals surface area contributed by atoms with Crippen LogP contribution in [0.4, 0.5) is 0 Å². The van der Waals surface area contributed by atoms with Crippen molar-refractivity contribution in [2.24, 2.45) is 17.8 Å². The Morgan fingerprint density at radius 2 is 1.86 bits per heavy atom. The standard InChI is InChI=1S/C28H39N3O5/c1-18-16-28-22(21(27(18,2)36-28)24(33)29-17-19-10-5-3-6-11-19)26(35)31(14-9-15-32)23(28)25(34)30-20-12-7-4-8-13-20/h3,5-6,10-11,18,20-23,32H,4,7-9,12-17H2,1-2H3,(H,29,33)(H,30,34)/t18?,21-,22-,23?,27+,28?/m0/s1. The Hall–Kier alpha value is -2.45. The molecule has 3 aliphatic heterocycles. The molecule has 8 nitrogen and oxygen atoms in total. The fourth-order valence-electron chi connectivity index (χ4n) is 7.34. The van der Waals surface area contributed by atoms with Crippen LogP contribution in [0.25, 0.3) is 0 Å². The van der Waals surface area contributed by atoms with Gasteiger partial charge in [-0.3, -0.25) is 14.4 Å². The maximum Gasteiger partial charge on any atom is 0.246 e. The molecule has 6 atom stereocenters. The topological polar surface area (TPSA) is 108 Å². The molecular formula is C28H39N3O5. The predicted molar refractivity (Wildman–Crippen MR) is 133 cm³/mol. The van der Waals surface area contributed by atoms with Gasteiger partial charge in [0.05, 0.1) is 17.4 Å². The molecule has 36 heavy (non-hydrogen) atoms. The molecular weight excluding hydrogens is 458 g/mol. The summed E-state index contributed by atoms with van der Waals surface area (Å²) in [5.74, 6) is -1.97. The number of aliphatic hydroxyl groups excluding tert-OH is 1. The second kappa shape index (κ2) is 9.78. The van der Waals surface area contributed by atoms with Gasteiger partial charge >= 0.3 is 0 Å². The van der Waals surface area contributed by atoms with Crippen LogP contribution >= 0.6 is 0 Å². The van der Waals surface area contributed by atoms with Crippen molar-refractivity contribution in [3.05, 3.63) is 35.9 Å². The van der Waals surface area contributed by atoms with Crippen molar-refractivity contribution in [1.82, 2.24) is 15.5 Å². The first-order valence-electron chi connectivity index (χ1n) is 13.6. The van der Waals surface area contributed by atoms with E-state index in [0.29, 0.717) is 19.4 Å². The highest BCUT2D eigenvalue weighted by Gasteiger charge is 2.79. The van der Waals surface area contributed by atoms with Crippen LogP contribution < -0.4 is 10.6 Å². The number of carbonyl (C=O) groups excluding carboxylic acids is 3. The van der Waals surface area contributed by atoms with Gasteiger partial charge in [-0.2, -0.15) is 0 Å². The Balaban J connectivity index is 1.44. The van der Waals surface area contributed by atoms with Crippen LogP contribution in [-0.4, -0.2) is 64.2 Å². The Morgan fingerprint density at radius 1 is 1.14 bits per heavy atom.